The van der Waals surface area contributed by atoms with Gasteiger partial charge in [-0.25, -0.2) is 0 Å². The molecule has 0 aromatic heterocycles. The normalized spacial score (nSPS) is 32.8. The van der Waals surface area contributed by atoms with E-state index >= 15 is 0 Å². The summed E-state index contributed by atoms with van der Waals surface area (Å²) in [5, 5.41) is 0. The first-order valence-corrected chi connectivity index (χ1v) is 7.40. The molecule has 17 heavy (non-hydrogen) atoms. The van der Waals surface area contributed by atoms with E-state index in [2.05, 4.69) is 11.8 Å². The summed E-state index contributed by atoms with van der Waals surface area (Å²) in [7, 11) is 0. The standard InChI is InChI=1S/C14H28N2O/c1-2-5-13-6-3-4-8-16(13)14(10-15)12-7-9-17-11-12/h12-14H,2-11,15H2,1H3. The zero-order valence-electron chi connectivity index (χ0n) is 11.2. The molecule has 0 aliphatic carbocycles. The van der Waals surface area contributed by atoms with Crippen LogP contribution in [0, 0.1) is 5.92 Å². The summed E-state index contributed by atoms with van der Waals surface area (Å²) >= 11 is 0. The van der Waals surface area contributed by atoms with Crippen molar-refractivity contribution in [1.29, 1.82) is 0 Å². The van der Waals surface area contributed by atoms with Crippen LogP contribution in [0.1, 0.15) is 45.4 Å². The summed E-state index contributed by atoms with van der Waals surface area (Å²) < 4.78 is 5.54. The molecule has 0 amide bonds. The van der Waals surface area contributed by atoms with Crippen molar-refractivity contribution in [2.45, 2.75) is 57.5 Å². The Bertz CT molecular complexity index is 214. The molecule has 3 atom stereocenters. The maximum Gasteiger partial charge on any atom is 0.0510 e. The van der Waals surface area contributed by atoms with E-state index in [1.807, 2.05) is 0 Å². The van der Waals surface area contributed by atoms with Gasteiger partial charge in [0.1, 0.15) is 0 Å². The van der Waals surface area contributed by atoms with Crippen molar-refractivity contribution in [3.05, 3.63) is 0 Å². The largest absolute Gasteiger partial charge is 0.381 e. The van der Waals surface area contributed by atoms with Crippen LogP contribution in [0.15, 0.2) is 0 Å². The van der Waals surface area contributed by atoms with Gasteiger partial charge in [0, 0.05) is 31.2 Å². The molecule has 2 rings (SSSR count). The fourth-order valence-electron chi connectivity index (χ4n) is 3.56. The van der Waals surface area contributed by atoms with Crippen molar-refractivity contribution in [3.8, 4) is 0 Å². The second kappa shape index (κ2) is 6.72. The molecule has 2 fully saturated rings. The van der Waals surface area contributed by atoms with E-state index in [0.29, 0.717) is 12.0 Å². The molecule has 2 saturated heterocycles. The van der Waals surface area contributed by atoms with Crippen LogP contribution in [0.25, 0.3) is 0 Å². The van der Waals surface area contributed by atoms with Crippen molar-refractivity contribution in [2.75, 3.05) is 26.3 Å². The molecule has 0 radical (unpaired) electrons. The number of ether oxygens (including phenoxy) is 1. The zero-order valence-corrected chi connectivity index (χ0v) is 11.2. The molecule has 0 saturated carbocycles. The maximum atomic E-state index is 6.04. The number of hydrogen-bond acceptors (Lipinski definition) is 3. The van der Waals surface area contributed by atoms with E-state index in [-0.39, 0.29) is 0 Å². The summed E-state index contributed by atoms with van der Waals surface area (Å²) in [6.45, 7) is 6.21. The number of rotatable bonds is 5. The van der Waals surface area contributed by atoms with Crippen LogP contribution in [0.5, 0.6) is 0 Å². The third-order valence-corrected chi connectivity index (χ3v) is 4.47. The van der Waals surface area contributed by atoms with Gasteiger partial charge < -0.3 is 10.5 Å². The minimum absolute atomic E-state index is 0.564. The Labute approximate surface area is 106 Å². The Balaban J connectivity index is 1.99. The Morgan fingerprint density at radius 3 is 2.88 bits per heavy atom. The fourth-order valence-corrected chi connectivity index (χ4v) is 3.56. The van der Waals surface area contributed by atoms with Gasteiger partial charge >= 0.3 is 0 Å². The van der Waals surface area contributed by atoms with Crippen LogP contribution in [-0.4, -0.2) is 43.3 Å². The SMILES string of the molecule is CCCC1CCCCN1C(CN)C1CCOC1. The van der Waals surface area contributed by atoms with Crippen LogP contribution < -0.4 is 5.73 Å². The van der Waals surface area contributed by atoms with E-state index in [4.69, 9.17) is 10.5 Å². The number of likely N-dealkylation sites (tertiary alicyclic amines) is 1. The molecular formula is C14H28N2O. The average Bonchev–Trinajstić information content (AvgIpc) is 2.86. The first-order valence-electron chi connectivity index (χ1n) is 7.40. The van der Waals surface area contributed by atoms with Crippen LogP contribution >= 0.6 is 0 Å². The molecule has 0 spiro atoms. The third-order valence-electron chi connectivity index (χ3n) is 4.47. The number of nitrogens with zero attached hydrogens (tertiary/aromatic N) is 1. The molecule has 2 heterocycles. The van der Waals surface area contributed by atoms with Crippen molar-refractivity contribution in [1.82, 2.24) is 4.90 Å². The van der Waals surface area contributed by atoms with E-state index in [0.717, 1.165) is 25.8 Å². The van der Waals surface area contributed by atoms with E-state index in [9.17, 15) is 0 Å². The lowest BCUT2D eigenvalue weighted by Gasteiger charge is -2.43. The molecule has 3 heteroatoms. The average molecular weight is 240 g/mol. The summed E-state index contributed by atoms with van der Waals surface area (Å²) in [6, 6.07) is 1.34. The molecule has 0 bridgehead atoms. The molecule has 2 aliphatic rings. The summed E-state index contributed by atoms with van der Waals surface area (Å²) in [5.41, 5.74) is 6.04. The molecule has 0 aromatic carbocycles. The highest BCUT2D eigenvalue weighted by Crippen LogP contribution is 2.28. The quantitative estimate of drug-likeness (QED) is 0.799. The van der Waals surface area contributed by atoms with Crippen LogP contribution in [0.2, 0.25) is 0 Å². The molecule has 100 valence electrons. The molecule has 3 nitrogen and oxygen atoms in total. The van der Waals surface area contributed by atoms with Crippen molar-refractivity contribution in [2.24, 2.45) is 11.7 Å². The smallest absolute Gasteiger partial charge is 0.0510 e. The minimum Gasteiger partial charge on any atom is -0.381 e. The van der Waals surface area contributed by atoms with Gasteiger partial charge in [0.15, 0.2) is 0 Å². The Morgan fingerprint density at radius 2 is 2.24 bits per heavy atom. The lowest BCUT2D eigenvalue weighted by Crippen LogP contribution is -2.52. The molecule has 2 aliphatic heterocycles. The van der Waals surface area contributed by atoms with Gasteiger partial charge in [-0.3, -0.25) is 4.90 Å². The molecule has 0 aromatic rings. The lowest BCUT2D eigenvalue weighted by atomic mass is 9.90. The third kappa shape index (κ3) is 3.21. The van der Waals surface area contributed by atoms with Crippen molar-refractivity contribution >= 4 is 0 Å². The molecule has 3 unspecified atom stereocenters. The summed E-state index contributed by atoms with van der Waals surface area (Å²) in [5.74, 6) is 0.678. The summed E-state index contributed by atoms with van der Waals surface area (Å²) in [4.78, 5) is 2.71. The zero-order chi connectivity index (χ0) is 12.1. The van der Waals surface area contributed by atoms with Gasteiger partial charge in [-0.05, 0) is 32.2 Å². The highest BCUT2D eigenvalue weighted by Gasteiger charge is 2.34. The van der Waals surface area contributed by atoms with E-state index < -0.39 is 0 Å². The van der Waals surface area contributed by atoms with E-state index in [1.54, 1.807) is 0 Å². The van der Waals surface area contributed by atoms with Gasteiger partial charge in [-0.2, -0.15) is 0 Å². The predicted octanol–water partition coefficient (Wildman–Crippen LogP) is 2.00. The van der Waals surface area contributed by atoms with Crippen LogP contribution in [0.4, 0.5) is 0 Å². The van der Waals surface area contributed by atoms with E-state index in [1.165, 1.54) is 45.1 Å². The first-order chi connectivity index (χ1) is 8.36. The second-order valence-corrected chi connectivity index (χ2v) is 5.60. The number of hydrogen-bond donors (Lipinski definition) is 1. The van der Waals surface area contributed by atoms with Crippen LogP contribution in [-0.2, 0) is 4.74 Å². The molecular weight excluding hydrogens is 212 g/mol. The van der Waals surface area contributed by atoms with Crippen LogP contribution in [0.3, 0.4) is 0 Å². The minimum atomic E-state index is 0.564. The fraction of sp³-hybridized carbons (Fsp3) is 1.00. The van der Waals surface area contributed by atoms with Gasteiger partial charge in [0.25, 0.3) is 0 Å². The Morgan fingerprint density at radius 1 is 1.35 bits per heavy atom. The first kappa shape index (κ1) is 13.3. The van der Waals surface area contributed by atoms with Gasteiger partial charge in [0.2, 0.25) is 0 Å². The summed E-state index contributed by atoms with van der Waals surface area (Å²) in [6.07, 6.45) is 7.96. The van der Waals surface area contributed by atoms with Gasteiger partial charge in [-0.1, -0.05) is 19.8 Å². The van der Waals surface area contributed by atoms with Crippen molar-refractivity contribution in [3.63, 3.8) is 0 Å². The predicted molar refractivity (Wildman–Crippen MR) is 71.0 cm³/mol. The van der Waals surface area contributed by atoms with Gasteiger partial charge in [0.05, 0.1) is 6.61 Å². The topological polar surface area (TPSA) is 38.5 Å². The maximum absolute atomic E-state index is 6.04. The van der Waals surface area contributed by atoms with Gasteiger partial charge in [-0.15, -0.1) is 0 Å². The Kier molecular flexibility index (Phi) is 5.26. The highest BCUT2D eigenvalue weighted by molar-refractivity contribution is 4.88. The number of nitrogens with two attached hydrogens (primary N) is 1. The molecule has 2 N–H and O–H groups in total. The monoisotopic (exact) mass is 240 g/mol. The Hall–Kier alpha value is -0.120. The second-order valence-electron chi connectivity index (χ2n) is 5.60. The van der Waals surface area contributed by atoms with Crippen molar-refractivity contribution < 1.29 is 4.74 Å². The number of piperidine rings is 1. The highest BCUT2D eigenvalue weighted by atomic mass is 16.5. The lowest BCUT2D eigenvalue weighted by molar-refractivity contribution is 0.0543.